The third-order valence-electron chi connectivity index (χ3n) is 6.51. The van der Waals surface area contributed by atoms with Gasteiger partial charge in [-0.25, -0.2) is 9.78 Å². The molecule has 1 saturated heterocycles. The number of nitrogens with zero attached hydrogens (tertiary/aromatic N) is 2. The van der Waals surface area contributed by atoms with Crippen LogP contribution in [0.5, 0.6) is 0 Å². The average molecular weight is 581 g/mol. The van der Waals surface area contributed by atoms with E-state index in [0.717, 1.165) is 14.6 Å². The second-order valence-electron chi connectivity index (χ2n) is 12.0. The number of thiazole rings is 1. The number of ether oxygens (including phenoxy) is 1. The summed E-state index contributed by atoms with van der Waals surface area (Å²) in [6, 6.07) is 7.18. The van der Waals surface area contributed by atoms with Gasteiger partial charge in [0.15, 0.2) is 19.4 Å². The van der Waals surface area contributed by atoms with Crippen LogP contribution in [0.4, 0.5) is 0 Å². The first-order chi connectivity index (χ1) is 17.0. The summed E-state index contributed by atoms with van der Waals surface area (Å²) in [6.45, 7) is 24.0. The van der Waals surface area contributed by atoms with Gasteiger partial charge in [0.25, 0.3) is 0 Å². The molecule has 3 unspecified atom stereocenters. The SMILES string of the molecule is C=C(C)C(C(=O)OC(C)(C)C)N1C(=O)C([C@](C)(O[SiH](C)C)C(C)(C)C)C1SSc1nc2ccccc2s1. The molecule has 1 aliphatic heterocycles. The minimum Gasteiger partial charge on any atom is -0.458 e. The van der Waals surface area contributed by atoms with Crippen LogP contribution in [0, 0.1) is 11.3 Å². The summed E-state index contributed by atoms with van der Waals surface area (Å²) in [6.07, 6.45) is 0. The molecule has 0 saturated carbocycles. The predicted molar refractivity (Wildman–Crippen MR) is 159 cm³/mol. The van der Waals surface area contributed by atoms with Crippen molar-refractivity contribution in [1.82, 2.24) is 9.88 Å². The van der Waals surface area contributed by atoms with E-state index in [1.807, 2.05) is 39.0 Å². The van der Waals surface area contributed by atoms with Gasteiger partial charge in [-0.2, -0.15) is 0 Å². The topological polar surface area (TPSA) is 68.7 Å². The fourth-order valence-electron chi connectivity index (χ4n) is 4.46. The summed E-state index contributed by atoms with van der Waals surface area (Å²) in [5.74, 6) is -0.995. The van der Waals surface area contributed by atoms with E-state index in [2.05, 4.69) is 53.4 Å². The minimum atomic E-state index is -1.51. The second-order valence-corrected chi connectivity index (χ2v) is 18.0. The number of β-lactam (4-membered cyclic amide) rings is 1. The fourth-order valence-corrected chi connectivity index (χ4v) is 10.1. The quantitative estimate of drug-likeness (QED) is 0.105. The zero-order valence-corrected chi connectivity index (χ0v) is 27.2. The van der Waals surface area contributed by atoms with E-state index in [9.17, 15) is 9.59 Å². The number of benzene rings is 1. The van der Waals surface area contributed by atoms with Gasteiger partial charge in [-0.05, 0) is 81.6 Å². The molecule has 1 amide bonds. The highest BCUT2D eigenvalue weighted by Crippen LogP contribution is 2.55. The summed E-state index contributed by atoms with van der Waals surface area (Å²) in [5, 5.41) is -0.323. The Morgan fingerprint density at radius 3 is 2.30 bits per heavy atom. The number of amides is 1. The van der Waals surface area contributed by atoms with Gasteiger partial charge >= 0.3 is 5.97 Å². The summed E-state index contributed by atoms with van der Waals surface area (Å²) in [7, 11) is 1.60. The standard InChI is InChI=1S/C27H40N2O4S3Si/c1-16(2)20(23(31)32-26(6,7)8)29-21(30)19(27(9,25(3,4)5)33-37(10)11)22(29)35-36-24-28-17-14-12-13-15-18(17)34-24/h12-15,19-20,22,37H,1H2,2-11H3/t19?,20?,22?,27-/m0/s1. The maximum absolute atomic E-state index is 14.0. The number of carbonyl (C=O) groups is 2. The zero-order valence-electron chi connectivity index (χ0n) is 23.6. The normalized spacial score (nSPS) is 21.1. The van der Waals surface area contributed by atoms with Gasteiger partial charge in [0.2, 0.25) is 5.91 Å². The highest BCUT2D eigenvalue weighted by Gasteiger charge is 2.63. The maximum atomic E-state index is 14.0. The van der Waals surface area contributed by atoms with E-state index < -0.39 is 38.2 Å². The Morgan fingerprint density at radius 1 is 1.16 bits per heavy atom. The molecule has 4 atom stereocenters. The monoisotopic (exact) mass is 580 g/mol. The number of rotatable bonds is 9. The molecule has 1 aromatic carbocycles. The molecule has 2 heterocycles. The van der Waals surface area contributed by atoms with E-state index in [1.165, 1.54) is 0 Å². The molecule has 0 spiro atoms. The zero-order chi connectivity index (χ0) is 27.9. The Kier molecular flexibility index (Phi) is 9.01. The lowest BCUT2D eigenvalue weighted by atomic mass is 9.66. The van der Waals surface area contributed by atoms with Crippen LogP contribution in [0.3, 0.4) is 0 Å². The van der Waals surface area contributed by atoms with Crippen molar-refractivity contribution in [3.8, 4) is 0 Å². The van der Waals surface area contributed by atoms with Crippen LogP contribution in [0.25, 0.3) is 10.2 Å². The molecule has 1 aromatic heterocycles. The summed E-state index contributed by atoms with van der Waals surface area (Å²) in [4.78, 5) is 33.7. The molecule has 204 valence electrons. The van der Waals surface area contributed by atoms with Gasteiger partial charge in [-0.1, -0.05) is 50.3 Å². The van der Waals surface area contributed by atoms with Crippen molar-refractivity contribution >= 4 is 64.1 Å². The molecule has 2 aromatic rings. The Hall–Kier alpha value is -1.33. The largest absolute Gasteiger partial charge is 0.458 e. The first-order valence-corrected chi connectivity index (χ1v) is 18.3. The maximum Gasteiger partial charge on any atom is 0.333 e. The molecule has 1 fully saturated rings. The van der Waals surface area contributed by atoms with Crippen LogP contribution in [0.2, 0.25) is 13.1 Å². The fraction of sp³-hybridized carbons (Fsp3) is 0.593. The smallest absolute Gasteiger partial charge is 0.333 e. The average Bonchev–Trinajstić information content (AvgIpc) is 3.14. The minimum absolute atomic E-state index is 0.103. The number of esters is 1. The molecule has 3 rings (SSSR count). The Morgan fingerprint density at radius 2 is 1.78 bits per heavy atom. The van der Waals surface area contributed by atoms with Crippen LogP contribution >= 0.6 is 32.9 Å². The van der Waals surface area contributed by atoms with Gasteiger partial charge in [0.05, 0.1) is 21.7 Å². The lowest BCUT2D eigenvalue weighted by Gasteiger charge is -2.59. The van der Waals surface area contributed by atoms with Crippen LogP contribution < -0.4 is 0 Å². The van der Waals surface area contributed by atoms with Crippen LogP contribution in [0.1, 0.15) is 55.4 Å². The predicted octanol–water partition coefficient (Wildman–Crippen LogP) is 6.91. The van der Waals surface area contributed by atoms with Crippen LogP contribution in [0.15, 0.2) is 40.8 Å². The highest BCUT2D eigenvalue weighted by molar-refractivity contribution is 8.77. The van der Waals surface area contributed by atoms with Crippen molar-refractivity contribution in [1.29, 1.82) is 0 Å². The Labute approximate surface area is 235 Å². The molecular formula is C27H40N2O4S3Si. The molecule has 1 aliphatic rings. The summed E-state index contributed by atoms with van der Waals surface area (Å²) >= 11 is 1.62. The van der Waals surface area contributed by atoms with Gasteiger partial charge < -0.3 is 14.1 Å². The van der Waals surface area contributed by atoms with E-state index in [4.69, 9.17) is 14.1 Å². The molecule has 6 nitrogen and oxygen atoms in total. The van der Waals surface area contributed by atoms with Gasteiger partial charge in [0, 0.05) is 0 Å². The lowest BCUT2D eigenvalue weighted by Crippen LogP contribution is -2.73. The molecule has 0 bridgehead atoms. The van der Waals surface area contributed by atoms with Crippen LogP contribution in [-0.2, 0) is 18.8 Å². The number of para-hydroxylation sites is 1. The lowest BCUT2D eigenvalue weighted by molar-refractivity contribution is -0.187. The number of carbonyl (C=O) groups excluding carboxylic acids is 2. The van der Waals surface area contributed by atoms with E-state index >= 15 is 0 Å². The third-order valence-corrected chi connectivity index (χ3v) is 11.5. The number of aromatic nitrogens is 1. The third kappa shape index (κ3) is 6.46. The molecule has 0 aliphatic carbocycles. The molecular weight excluding hydrogens is 541 g/mol. The van der Waals surface area contributed by atoms with Crippen LogP contribution in [-0.4, -0.2) is 53.4 Å². The van der Waals surface area contributed by atoms with E-state index in [1.54, 1.807) is 44.7 Å². The van der Waals surface area contributed by atoms with E-state index in [-0.39, 0.29) is 16.7 Å². The second kappa shape index (κ2) is 11.0. The molecule has 0 radical (unpaired) electrons. The molecule has 0 N–H and O–H groups in total. The number of hydrogen-bond acceptors (Lipinski definition) is 8. The van der Waals surface area contributed by atoms with Gasteiger partial charge in [-0.3, -0.25) is 4.79 Å². The molecule has 10 heteroatoms. The van der Waals surface area contributed by atoms with Crippen molar-refractivity contribution in [2.75, 3.05) is 0 Å². The van der Waals surface area contributed by atoms with Crippen molar-refractivity contribution in [2.45, 2.75) is 95.4 Å². The Bertz CT molecular complexity index is 1140. The number of fused-ring (bicyclic) bond motifs is 1. The first-order valence-electron chi connectivity index (χ1n) is 12.5. The van der Waals surface area contributed by atoms with E-state index in [0.29, 0.717) is 5.57 Å². The van der Waals surface area contributed by atoms with Crippen molar-refractivity contribution in [2.24, 2.45) is 11.3 Å². The van der Waals surface area contributed by atoms with Crippen molar-refractivity contribution in [3.63, 3.8) is 0 Å². The van der Waals surface area contributed by atoms with Gasteiger partial charge in [-0.15, -0.1) is 11.3 Å². The van der Waals surface area contributed by atoms with Gasteiger partial charge in [0.1, 0.15) is 11.0 Å². The summed E-state index contributed by atoms with van der Waals surface area (Å²) < 4.78 is 14.4. The highest BCUT2D eigenvalue weighted by atomic mass is 33.1. The van der Waals surface area contributed by atoms with Crippen molar-refractivity contribution < 1.29 is 18.8 Å². The number of hydrogen-bond donors (Lipinski definition) is 0. The summed E-state index contributed by atoms with van der Waals surface area (Å²) in [5.41, 5.74) is -0.159. The molecule has 37 heavy (non-hydrogen) atoms. The van der Waals surface area contributed by atoms with Crippen molar-refractivity contribution in [3.05, 3.63) is 36.4 Å². The number of likely N-dealkylation sites (tertiary alicyclic amines) is 1. The Balaban J connectivity index is 2.01. The first kappa shape index (κ1) is 30.2.